The van der Waals surface area contributed by atoms with Crippen LogP contribution in [0.5, 0.6) is 0 Å². The first-order chi connectivity index (χ1) is 6.14. The summed E-state index contributed by atoms with van der Waals surface area (Å²) < 4.78 is 5.40. The van der Waals surface area contributed by atoms with E-state index in [1.807, 2.05) is 13.8 Å². The molecule has 1 spiro atoms. The van der Waals surface area contributed by atoms with Crippen LogP contribution >= 0.6 is 0 Å². The molecule has 0 aromatic heterocycles. The molecule has 1 aliphatic heterocycles. The van der Waals surface area contributed by atoms with Crippen molar-refractivity contribution in [2.75, 3.05) is 13.2 Å². The second kappa shape index (κ2) is 2.98. The molecule has 0 aromatic rings. The molecule has 1 heterocycles. The SMILES string of the molecule is CC(C)C(=O)NC1COCC12CC2. The Bertz CT molecular complexity index is 221. The van der Waals surface area contributed by atoms with Crippen LogP contribution in [0.3, 0.4) is 0 Å². The maximum absolute atomic E-state index is 11.4. The van der Waals surface area contributed by atoms with Crippen molar-refractivity contribution in [1.82, 2.24) is 5.32 Å². The lowest BCUT2D eigenvalue weighted by Gasteiger charge is -2.18. The molecule has 1 aliphatic carbocycles. The molecule has 1 amide bonds. The van der Waals surface area contributed by atoms with Crippen LogP contribution in [0.1, 0.15) is 26.7 Å². The van der Waals surface area contributed by atoms with Crippen LogP contribution in [0.2, 0.25) is 0 Å². The van der Waals surface area contributed by atoms with Crippen molar-refractivity contribution >= 4 is 5.91 Å². The summed E-state index contributed by atoms with van der Waals surface area (Å²) in [4.78, 5) is 11.4. The normalized spacial score (nSPS) is 29.6. The highest BCUT2D eigenvalue weighted by Crippen LogP contribution is 2.51. The molecule has 0 radical (unpaired) electrons. The second-order valence-electron chi connectivity index (χ2n) is 4.59. The highest BCUT2D eigenvalue weighted by molar-refractivity contribution is 5.78. The van der Waals surface area contributed by atoms with E-state index in [0.29, 0.717) is 12.0 Å². The molecule has 3 heteroatoms. The zero-order valence-electron chi connectivity index (χ0n) is 8.30. The minimum Gasteiger partial charge on any atom is -0.379 e. The van der Waals surface area contributed by atoms with E-state index in [9.17, 15) is 4.79 Å². The second-order valence-corrected chi connectivity index (χ2v) is 4.59. The van der Waals surface area contributed by atoms with E-state index >= 15 is 0 Å². The molecule has 1 saturated heterocycles. The predicted octanol–water partition coefficient (Wildman–Crippen LogP) is 0.938. The minimum atomic E-state index is 0.0800. The molecule has 2 aliphatic rings. The van der Waals surface area contributed by atoms with Crippen molar-refractivity contribution in [3.05, 3.63) is 0 Å². The lowest BCUT2D eigenvalue weighted by molar-refractivity contribution is -0.125. The highest BCUT2D eigenvalue weighted by Gasteiger charge is 2.53. The van der Waals surface area contributed by atoms with Gasteiger partial charge >= 0.3 is 0 Å². The molecule has 0 bridgehead atoms. The van der Waals surface area contributed by atoms with Gasteiger partial charge in [0.25, 0.3) is 0 Å². The lowest BCUT2D eigenvalue weighted by atomic mass is 10.0. The molecule has 1 saturated carbocycles. The summed E-state index contributed by atoms with van der Waals surface area (Å²) in [7, 11) is 0. The fourth-order valence-corrected chi connectivity index (χ4v) is 1.84. The Morgan fingerprint density at radius 2 is 2.23 bits per heavy atom. The number of carbonyl (C=O) groups is 1. The molecule has 2 rings (SSSR count). The fraction of sp³-hybridized carbons (Fsp3) is 0.900. The monoisotopic (exact) mass is 183 g/mol. The van der Waals surface area contributed by atoms with Crippen LogP contribution in [-0.2, 0) is 9.53 Å². The van der Waals surface area contributed by atoms with Gasteiger partial charge in [-0.1, -0.05) is 13.8 Å². The van der Waals surface area contributed by atoms with Gasteiger partial charge in [-0.05, 0) is 12.8 Å². The van der Waals surface area contributed by atoms with Gasteiger partial charge in [0.05, 0.1) is 19.3 Å². The number of nitrogens with one attached hydrogen (secondary N) is 1. The number of carbonyl (C=O) groups excluding carboxylic acids is 1. The van der Waals surface area contributed by atoms with Gasteiger partial charge in [0.1, 0.15) is 0 Å². The smallest absolute Gasteiger partial charge is 0.222 e. The molecule has 74 valence electrons. The van der Waals surface area contributed by atoms with Crippen molar-refractivity contribution in [3.8, 4) is 0 Å². The van der Waals surface area contributed by atoms with Gasteiger partial charge in [-0.2, -0.15) is 0 Å². The van der Waals surface area contributed by atoms with Gasteiger partial charge in [0.2, 0.25) is 5.91 Å². The van der Waals surface area contributed by atoms with Crippen molar-refractivity contribution in [2.24, 2.45) is 11.3 Å². The predicted molar refractivity (Wildman–Crippen MR) is 49.3 cm³/mol. The summed E-state index contributed by atoms with van der Waals surface area (Å²) in [6.45, 7) is 5.39. The molecule has 1 unspecified atom stereocenters. The highest BCUT2D eigenvalue weighted by atomic mass is 16.5. The minimum absolute atomic E-state index is 0.0800. The van der Waals surface area contributed by atoms with E-state index < -0.39 is 0 Å². The third-order valence-electron chi connectivity index (χ3n) is 3.15. The van der Waals surface area contributed by atoms with Crippen LogP contribution < -0.4 is 5.32 Å². The van der Waals surface area contributed by atoms with E-state index in [1.54, 1.807) is 0 Å². The first-order valence-corrected chi connectivity index (χ1v) is 5.02. The van der Waals surface area contributed by atoms with Gasteiger partial charge in [0, 0.05) is 11.3 Å². The number of rotatable bonds is 2. The zero-order valence-corrected chi connectivity index (χ0v) is 8.30. The van der Waals surface area contributed by atoms with Crippen LogP contribution in [0.4, 0.5) is 0 Å². The first-order valence-electron chi connectivity index (χ1n) is 5.02. The summed E-state index contributed by atoms with van der Waals surface area (Å²) in [5.41, 5.74) is 0.324. The third-order valence-corrected chi connectivity index (χ3v) is 3.15. The van der Waals surface area contributed by atoms with E-state index in [0.717, 1.165) is 6.61 Å². The van der Waals surface area contributed by atoms with Gasteiger partial charge in [0.15, 0.2) is 0 Å². The molecule has 3 nitrogen and oxygen atoms in total. The molecule has 2 fully saturated rings. The molecule has 1 atom stereocenters. The van der Waals surface area contributed by atoms with E-state index in [-0.39, 0.29) is 17.9 Å². The number of hydrogen-bond acceptors (Lipinski definition) is 2. The van der Waals surface area contributed by atoms with Gasteiger partial charge < -0.3 is 10.1 Å². The van der Waals surface area contributed by atoms with Crippen molar-refractivity contribution in [2.45, 2.75) is 32.7 Å². The van der Waals surface area contributed by atoms with Crippen LogP contribution in [-0.4, -0.2) is 25.2 Å². The van der Waals surface area contributed by atoms with E-state index in [1.165, 1.54) is 12.8 Å². The maximum Gasteiger partial charge on any atom is 0.222 e. The average Bonchev–Trinajstić information content (AvgIpc) is 2.72. The molecule has 13 heavy (non-hydrogen) atoms. The summed E-state index contributed by atoms with van der Waals surface area (Å²) in [6, 6.07) is 0.280. The van der Waals surface area contributed by atoms with Gasteiger partial charge in [-0.15, -0.1) is 0 Å². The van der Waals surface area contributed by atoms with Crippen LogP contribution in [0, 0.1) is 11.3 Å². The third kappa shape index (κ3) is 1.57. The zero-order chi connectivity index (χ0) is 9.47. The van der Waals surface area contributed by atoms with Crippen LogP contribution in [0.25, 0.3) is 0 Å². The van der Waals surface area contributed by atoms with Crippen molar-refractivity contribution < 1.29 is 9.53 Å². The Labute approximate surface area is 78.8 Å². The molecular weight excluding hydrogens is 166 g/mol. The van der Waals surface area contributed by atoms with Gasteiger partial charge in [-0.3, -0.25) is 4.79 Å². The Morgan fingerprint density at radius 1 is 1.54 bits per heavy atom. The number of hydrogen-bond donors (Lipinski definition) is 1. The summed E-state index contributed by atoms with van der Waals surface area (Å²) in [5, 5.41) is 3.07. The average molecular weight is 183 g/mol. The first kappa shape index (κ1) is 9.00. The standard InChI is InChI=1S/C10H17NO2/c1-7(2)9(12)11-8-5-13-6-10(8)3-4-10/h7-8H,3-6H2,1-2H3,(H,11,12). The fourth-order valence-electron chi connectivity index (χ4n) is 1.84. The number of ether oxygens (including phenoxy) is 1. The maximum atomic E-state index is 11.4. The Morgan fingerprint density at radius 3 is 2.77 bits per heavy atom. The molecule has 1 N–H and O–H groups in total. The summed E-state index contributed by atoms with van der Waals surface area (Å²) in [6.07, 6.45) is 2.44. The van der Waals surface area contributed by atoms with E-state index in [2.05, 4.69) is 5.32 Å². The Balaban J connectivity index is 1.91. The Kier molecular flexibility index (Phi) is 2.06. The lowest BCUT2D eigenvalue weighted by Crippen LogP contribution is -2.42. The van der Waals surface area contributed by atoms with Gasteiger partial charge in [-0.25, -0.2) is 0 Å². The van der Waals surface area contributed by atoms with Crippen molar-refractivity contribution in [1.29, 1.82) is 0 Å². The molecular formula is C10H17NO2. The summed E-state index contributed by atoms with van der Waals surface area (Å²) >= 11 is 0. The topological polar surface area (TPSA) is 38.3 Å². The summed E-state index contributed by atoms with van der Waals surface area (Å²) in [5.74, 6) is 0.234. The van der Waals surface area contributed by atoms with E-state index in [4.69, 9.17) is 4.74 Å². The quantitative estimate of drug-likeness (QED) is 0.692. The molecule has 0 aromatic carbocycles. The number of amides is 1. The Hall–Kier alpha value is -0.570. The van der Waals surface area contributed by atoms with Crippen LogP contribution in [0.15, 0.2) is 0 Å². The van der Waals surface area contributed by atoms with Crippen molar-refractivity contribution in [3.63, 3.8) is 0 Å². The largest absolute Gasteiger partial charge is 0.379 e.